The molecule has 5 saturated heterocycles. The Kier molecular flexibility index (Phi) is 29.6. The average molecular weight is 1650 g/mol. The molecule has 5 fully saturated rings. The Morgan fingerprint density at radius 1 is 0.283 bits per heavy atom. The molecule has 0 aromatic rings. The highest BCUT2D eigenvalue weighted by Crippen LogP contribution is 2.41. The molecule has 0 saturated carbocycles. The minimum atomic E-state index is -6.39. The molecule has 0 radical (unpaired) electrons. The topological polar surface area (TPSA) is 796 Å². The normalized spacial score (nSPS) is 36.7. The van der Waals surface area contributed by atoms with Crippen LogP contribution in [-0.2, 0) is 207 Å². The smallest absolute Gasteiger partial charge is 0.397 e. The number of ether oxygens (including phenoxy) is 14. The lowest BCUT2D eigenvalue weighted by molar-refractivity contribution is -0.385. The highest BCUT2D eigenvalue weighted by molar-refractivity contribution is 7.82. The van der Waals surface area contributed by atoms with Crippen LogP contribution in [-0.4, -0.2) is 353 Å². The van der Waals surface area contributed by atoms with Crippen molar-refractivity contribution in [3.05, 3.63) is 0 Å². The highest BCUT2D eigenvalue weighted by Gasteiger charge is 2.63. The Bertz CT molecular complexity index is 3830. The van der Waals surface area contributed by atoms with Crippen molar-refractivity contribution < 1.29 is 246 Å². The van der Waals surface area contributed by atoms with Gasteiger partial charge in [-0.1, -0.05) is 0 Å². The van der Waals surface area contributed by atoms with Crippen molar-refractivity contribution in [1.29, 1.82) is 0 Å². The van der Waals surface area contributed by atoms with Crippen molar-refractivity contribution >= 4 is 106 Å². The fourth-order valence-electron chi connectivity index (χ4n) is 10.0. The van der Waals surface area contributed by atoms with E-state index in [4.69, 9.17) is 70.5 Å². The van der Waals surface area contributed by atoms with Crippen LogP contribution in [0.25, 0.3) is 0 Å². The van der Waals surface area contributed by atoms with Crippen molar-refractivity contribution in [3.8, 4) is 0 Å². The third kappa shape index (κ3) is 25.7. The van der Waals surface area contributed by atoms with Gasteiger partial charge >= 0.3 is 106 Å². The number of aliphatic hydroxyl groups is 1. The Morgan fingerprint density at radius 2 is 0.515 bits per heavy atom. The van der Waals surface area contributed by atoms with Crippen molar-refractivity contribution in [1.82, 2.24) is 0 Å². The van der Waals surface area contributed by atoms with E-state index in [0.29, 0.717) is 21.3 Å². The summed E-state index contributed by atoms with van der Waals surface area (Å²) in [7, 11) is -50.4. The van der Waals surface area contributed by atoms with Crippen molar-refractivity contribution in [2.24, 2.45) is 0 Å². The number of methoxy groups -OCH3 is 5. The van der Waals surface area contributed by atoms with E-state index >= 15 is 0 Å². The molecule has 0 amide bonds. The first kappa shape index (κ1) is 86.8. The van der Waals surface area contributed by atoms with Crippen molar-refractivity contribution in [2.45, 2.75) is 154 Å². The number of hydrogen-bond acceptors (Lipinski definition) is 44. The molecule has 5 aliphatic rings. The molecule has 5 aliphatic heterocycles. The lowest BCUT2D eigenvalue weighted by Gasteiger charge is -2.51. The zero-order valence-corrected chi connectivity index (χ0v) is 56.5. The second kappa shape index (κ2) is 33.7. The van der Waals surface area contributed by atoms with Crippen LogP contribution in [0.2, 0.25) is 0 Å². The van der Waals surface area contributed by atoms with E-state index in [0.717, 1.165) is 14.2 Å². The number of rotatable bonds is 36. The van der Waals surface area contributed by atoms with E-state index in [1.165, 1.54) is 0 Å². The summed E-state index contributed by atoms with van der Waals surface area (Å²) in [5.41, 5.74) is 0. The molecule has 0 unspecified atom stereocenters. The Hall–Kier alpha value is -2.83. The summed E-state index contributed by atoms with van der Waals surface area (Å²) < 4.78 is 424. The summed E-state index contributed by atoms with van der Waals surface area (Å²) in [5, 5.41) is 31.9. The molecule has 5 rings (SSSR count). The third-order valence-corrected chi connectivity index (χ3v) is 17.4. The minimum Gasteiger partial charge on any atom is -0.479 e. The van der Waals surface area contributed by atoms with Gasteiger partial charge in [0.15, 0.2) is 68.1 Å². The van der Waals surface area contributed by atoms with E-state index < -0.39 is 279 Å². The summed E-state index contributed by atoms with van der Waals surface area (Å²) in [5.74, 6) is -4.78. The van der Waals surface area contributed by atoms with Crippen LogP contribution in [0.3, 0.4) is 0 Å². The van der Waals surface area contributed by atoms with Crippen LogP contribution in [0.15, 0.2) is 0 Å². The van der Waals surface area contributed by atoms with E-state index in [2.05, 4.69) is 33.5 Å². The predicted octanol–water partition coefficient (Wildman–Crippen LogP) is -10.0. The van der Waals surface area contributed by atoms with Gasteiger partial charge in [-0.05, 0) is 0 Å². The molecule has 0 aromatic carbocycles. The Balaban J connectivity index is 1.69. The average Bonchev–Trinajstić information content (AvgIpc) is 0.768. The van der Waals surface area contributed by atoms with Gasteiger partial charge in [0.1, 0.15) is 85.5 Å². The number of aliphatic carboxylic acids is 2. The van der Waals surface area contributed by atoms with Gasteiger partial charge in [-0.2, -0.15) is 75.8 Å². The first-order chi connectivity index (χ1) is 45.0. The first-order valence-corrected chi connectivity index (χ1v) is 37.8. The molecule has 99 heavy (non-hydrogen) atoms. The molecule has 0 bridgehead atoms. The fourth-order valence-corrected chi connectivity index (χ4v) is 13.9. The number of carbonyl (C=O) groups is 2. The maximum atomic E-state index is 13.3. The molecule has 0 aliphatic carbocycles. The van der Waals surface area contributed by atoms with E-state index in [1.807, 2.05) is 0 Å². The molecule has 25 atom stereocenters. The maximum Gasteiger partial charge on any atom is 0.397 e. The summed E-state index contributed by atoms with van der Waals surface area (Å²) >= 11 is 0. The lowest BCUT2D eigenvalue weighted by Crippen LogP contribution is -2.70. The second-order valence-electron chi connectivity index (χ2n) is 19.7. The fraction of sp³-hybridized carbons (Fsp3) is 0.943. The van der Waals surface area contributed by atoms with Gasteiger partial charge in [0.2, 0.25) is 0 Å². The number of carboxylic acids is 2. The van der Waals surface area contributed by atoms with Crippen LogP contribution in [0.4, 0.5) is 0 Å². The van der Waals surface area contributed by atoms with Crippen molar-refractivity contribution in [3.63, 3.8) is 0 Å². The van der Waals surface area contributed by atoms with Crippen LogP contribution >= 0.6 is 0 Å². The summed E-state index contributed by atoms with van der Waals surface area (Å²) in [4.78, 5) is 26.6. The number of carboxylic acid groups (broad SMARTS) is 2. The molecule has 12 N–H and O–H groups in total. The standard InChI is InChI=1S/C35H58O55S9/c1-68-12-9(6-73-91(41,42)43)77-33(26(15(12)69-2)88-97(59,60)61)81-18-16(70-3)25(72-5)32(83-22(18)29(36)37)79-14-11(8-75-93(47,48)49)78-34(28(90-99(65,66)67)21(14)86-95(53,54)55)82-19-17(71-4)27(89-98(62,63)64)35(84-23(19)30(38)39)80-13-10(7-74-92(44,45)46)76-31(40)24(87-96(56,57)58)20(13)85-94(50,51)52/h9-28,31-35,40H,6-8H2,1-5H3,(H,36,37)(H,38,39)(H,41,42,43)(H,44,45,46)(H,47,48,49)(H,50,51,52)(H,53,54,55)(H,56,57,58)(H,59,60,61)(H,62,63,64)(H,65,66,67)/t9-,10-,11-,12-,13-,14-,15-,16+,17+,18+,19+,20+,21+,22+,23-,24-,25-,26-,27-,28-,31+,32-,33-,34-,35-/m1/s1. The summed E-state index contributed by atoms with van der Waals surface area (Å²) in [6.45, 7) is -5.07. The quantitative estimate of drug-likeness (QED) is 0.0259. The Morgan fingerprint density at radius 3 is 0.818 bits per heavy atom. The summed E-state index contributed by atoms with van der Waals surface area (Å²) in [6, 6.07) is 0. The zero-order valence-electron chi connectivity index (χ0n) is 49.2. The zero-order chi connectivity index (χ0) is 75.5. The SMILES string of the molecule is CO[C@@H]1[C@@H](OC)[C@H](O[C@H]2[C@H](OS(=O)(=O)O)[C@@H](OS(=O)(=O)O)[C@@H](O[C@H]3[C@H](OC)[C@@H](OS(=O)(=O)O)[C@H](O[C@H]4[C@H](OS(=O)(=O)O)[C@@H](OS(=O)(=O)O)[C@@H](O)O[C@@H]4COS(=O)(=O)O)O[C@H]3C(=O)O)O[C@@H]2COS(=O)(=O)O)O[C@H](C(=O)O)[C@H]1O[C@H]1O[C@H](COS(=O)(=O)O)[C@@H](OC)[C@@H](OC)[C@H]1OS(=O)(=O)O. The second-order valence-corrected chi connectivity index (χ2v) is 29.2. The lowest BCUT2D eigenvalue weighted by atomic mass is 9.95. The van der Waals surface area contributed by atoms with Crippen LogP contribution in [0.1, 0.15) is 0 Å². The van der Waals surface area contributed by atoms with Gasteiger partial charge in [0.05, 0.1) is 19.8 Å². The molecule has 5 heterocycles. The maximum absolute atomic E-state index is 13.3. The van der Waals surface area contributed by atoms with Gasteiger partial charge < -0.3 is 81.6 Å². The first-order valence-electron chi connectivity index (χ1n) is 25.5. The van der Waals surface area contributed by atoms with E-state index in [9.17, 15) is 142 Å². The predicted molar refractivity (Wildman–Crippen MR) is 285 cm³/mol. The minimum absolute atomic E-state index is 0.403. The summed E-state index contributed by atoms with van der Waals surface area (Å²) in [6.07, 6.45) is -69.9. The molecular formula is C35H58O55S9. The molecule has 0 spiro atoms. The van der Waals surface area contributed by atoms with Crippen LogP contribution < -0.4 is 0 Å². The molecular weight excluding hydrogens is 1590 g/mol. The van der Waals surface area contributed by atoms with Gasteiger partial charge in [0, 0.05) is 35.5 Å². The Labute approximate surface area is 557 Å². The number of aliphatic hydroxyl groups excluding tert-OH is 1. The highest BCUT2D eigenvalue weighted by atomic mass is 32.3. The van der Waals surface area contributed by atoms with Gasteiger partial charge in [-0.3, -0.25) is 41.0 Å². The van der Waals surface area contributed by atoms with Gasteiger partial charge in [-0.25, -0.2) is 47.2 Å². The molecule has 582 valence electrons. The monoisotopic (exact) mass is 1650 g/mol. The number of hydrogen-bond donors (Lipinski definition) is 12. The van der Waals surface area contributed by atoms with E-state index in [1.54, 1.807) is 0 Å². The third-order valence-electron chi connectivity index (χ3n) is 13.3. The molecule has 0 aromatic heterocycles. The largest absolute Gasteiger partial charge is 0.479 e. The van der Waals surface area contributed by atoms with Crippen molar-refractivity contribution in [2.75, 3.05) is 55.4 Å². The van der Waals surface area contributed by atoms with Gasteiger partial charge in [-0.15, -0.1) is 0 Å². The molecule has 64 heteroatoms. The van der Waals surface area contributed by atoms with Crippen LogP contribution in [0.5, 0.6) is 0 Å². The van der Waals surface area contributed by atoms with Gasteiger partial charge in [0.25, 0.3) is 0 Å². The molecule has 55 nitrogen and oxygen atoms in total. The van der Waals surface area contributed by atoms with E-state index in [-0.39, 0.29) is 0 Å². The van der Waals surface area contributed by atoms with Crippen LogP contribution in [0, 0.1) is 0 Å².